The molecule has 1 heterocycles. The van der Waals surface area contributed by atoms with Crippen molar-refractivity contribution in [3.8, 4) is 6.07 Å². The molecule has 4 heteroatoms. The van der Waals surface area contributed by atoms with Gasteiger partial charge in [-0.1, -0.05) is 6.58 Å². The lowest BCUT2D eigenvalue weighted by Crippen LogP contribution is -2.24. The van der Waals surface area contributed by atoms with E-state index in [4.69, 9.17) is 5.26 Å². The van der Waals surface area contributed by atoms with Crippen LogP contribution < -0.4 is 9.80 Å². The smallest absolute Gasteiger partial charge is 0.273 e. The lowest BCUT2D eigenvalue weighted by Gasteiger charge is -2.20. The number of benzene rings is 1. The fourth-order valence-corrected chi connectivity index (χ4v) is 2.01. The van der Waals surface area contributed by atoms with E-state index in [1.807, 2.05) is 49.3 Å². The maximum atomic E-state index is 12.2. The molecule has 0 saturated heterocycles. The molecule has 1 amide bonds. The highest BCUT2D eigenvalue weighted by Gasteiger charge is 2.32. The molecule has 0 radical (unpaired) electrons. The highest BCUT2D eigenvalue weighted by Crippen LogP contribution is 2.33. The highest BCUT2D eigenvalue weighted by atomic mass is 16.2. The second-order valence-corrected chi connectivity index (χ2v) is 4.61. The summed E-state index contributed by atoms with van der Waals surface area (Å²) in [5.41, 5.74) is 3.15. The van der Waals surface area contributed by atoms with E-state index < -0.39 is 0 Å². The first-order valence-electron chi connectivity index (χ1n) is 5.89. The molecule has 1 aromatic rings. The van der Waals surface area contributed by atoms with Gasteiger partial charge < -0.3 is 4.90 Å². The van der Waals surface area contributed by atoms with Crippen LogP contribution >= 0.6 is 0 Å². The Morgan fingerprint density at radius 1 is 1.26 bits per heavy atom. The molecule has 0 atom stereocenters. The largest absolute Gasteiger partial charge is 0.378 e. The van der Waals surface area contributed by atoms with Crippen LogP contribution in [0.5, 0.6) is 0 Å². The minimum atomic E-state index is -0.303. The van der Waals surface area contributed by atoms with Crippen molar-refractivity contribution in [1.29, 1.82) is 5.26 Å². The van der Waals surface area contributed by atoms with Gasteiger partial charge in [0.15, 0.2) is 0 Å². The van der Waals surface area contributed by atoms with Crippen LogP contribution in [-0.2, 0) is 4.79 Å². The van der Waals surface area contributed by atoms with Crippen LogP contribution in [0.4, 0.5) is 11.4 Å². The third-order valence-electron chi connectivity index (χ3n) is 3.23. The van der Waals surface area contributed by atoms with Crippen molar-refractivity contribution in [3.05, 3.63) is 47.7 Å². The van der Waals surface area contributed by atoms with Gasteiger partial charge in [0.2, 0.25) is 0 Å². The fourth-order valence-electron chi connectivity index (χ4n) is 2.01. The van der Waals surface area contributed by atoms with E-state index in [0.29, 0.717) is 11.3 Å². The Bertz CT molecular complexity index is 618. The average molecular weight is 253 g/mol. The first-order valence-corrected chi connectivity index (χ1v) is 5.89. The summed E-state index contributed by atoms with van der Waals surface area (Å²) < 4.78 is 0. The standard InChI is InChI=1S/C15H15N3O/c1-10-11(2)18(15(19)14(10)9-16)13-7-5-12(6-8-13)17(3)4/h5-8H,2H2,1,3-4H3. The third kappa shape index (κ3) is 2.00. The number of hydrogen-bond acceptors (Lipinski definition) is 3. The topological polar surface area (TPSA) is 47.3 Å². The summed E-state index contributed by atoms with van der Waals surface area (Å²) in [6, 6.07) is 9.50. The number of nitriles is 1. The Labute approximate surface area is 112 Å². The second-order valence-electron chi connectivity index (χ2n) is 4.61. The predicted octanol–water partition coefficient (Wildman–Crippen LogP) is 2.45. The van der Waals surface area contributed by atoms with Gasteiger partial charge in [0, 0.05) is 31.2 Å². The molecule has 0 unspecified atom stereocenters. The lowest BCUT2D eigenvalue weighted by atomic mass is 10.2. The first-order chi connectivity index (χ1) is 8.97. The summed E-state index contributed by atoms with van der Waals surface area (Å²) in [6.45, 7) is 5.63. The number of hydrogen-bond donors (Lipinski definition) is 0. The van der Waals surface area contributed by atoms with Gasteiger partial charge in [-0.25, -0.2) is 0 Å². The molecular weight excluding hydrogens is 238 g/mol. The molecule has 0 bridgehead atoms. The highest BCUT2D eigenvalue weighted by molar-refractivity contribution is 6.15. The second kappa shape index (κ2) is 4.62. The van der Waals surface area contributed by atoms with Crippen molar-refractivity contribution < 1.29 is 4.79 Å². The Morgan fingerprint density at radius 3 is 2.26 bits per heavy atom. The molecular formula is C15H15N3O. The van der Waals surface area contributed by atoms with Crippen molar-refractivity contribution in [1.82, 2.24) is 0 Å². The molecule has 2 rings (SSSR count). The molecule has 0 fully saturated rings. The van der Waals surface area contributed by atoms with Gasteiger partial charge in [0.05, 0.1) is 0 Å². The van der Waals surface area contributed by atoms with Gasteiger partial charge >= 0.3 is 0 Å². The van der Waals surface area contributed by atoms with E-state index in [0.717, 1.165) is 11.4 Å². The third-order valence-corrected chi connectivity index (χ3v) is 3.23. The summed E-state index contributed by atoms with van der Waals surface area (Å²) in [5, 5.41) is 9.00. The quantitative estimate of drug-likeness (QED) is 0.813. The van der Waals surface area contributed by atoms with E-state index in [1.165, 1.54) is 4.90 Å². The fraction of sp³-hybridized carbons (Fsp3) is 0.200. The molecule has 1 aromatic carbocycles. The predicted molar refractivity (Wildman–Crippen MR) is 75.7 cm³/mol. The van der Waals surface area contributed by atoms with Crippen LogP contribution in [0.1, 0.15) is 6.92 Å². The normalized spacial score (nSPS) is 14.9. The molecule has 96 valence electrons. The summed E-state index contributed by atoms with van der Waals surface area (Å²) in [7, 11) is 3.91. The van der Waals surface area contributed by atoms with Gasteiger partial charge in [-0.15, -0.1) is 0 Å². The minimum absolute atomic E-state index is 0.168. The van der Waals surface area contributed by atoms with E-state index in [-0.39, 0.29) is 11.5 Å². The minimum Gasteiger partial charge on any atom is -0.378 e. The number of nitrogens with zero attached hydrogens (tertiary/aromatic N) is 3. The Kier molecular flexibility index (Phi) is 3.14. The average Bonchev–Trinajstić information content (AvgIpc) is 2.60. The summed E-state index contributed by atoms with van der Waals surface area (Å²) >= 11 is 0. The van der Waals surface area contributed by atoms with Crippen LogP contribution in [-0.4, -0.2) is 20.0 Å². The van der Waals surface area contributed by atoms with Crippen molar-refractivity contribution in [2.75, 3.05) is 23.9 Å². The SMILES string of the molecule is C=C1C(C)=C(C#N)C(=O)N1c1ccc(N(C)C)cc1. The number of carbonyl (C=O) groups is 1. The molecule has 0 aromatic heterocycles. The molecule has 4 nitrogen and oxygen atoms in total. The molecule has 1 aliphatic heterocycles. The lowest BCUT2D eigenvalue weighted by molar-refractivity contribution is -0.113. The summed E-state index contributed by atoms with van der Waals surface area (Å²) in [5.74, 6) is -0.303. The molecule has 0 spiro atoms. The zero-order chi connectivity index (χ0) is 14.2. The monoisotopic (exact) mass is 253 g/mol. The zero-order valence-corrected chi connectivity index (χ0v) is 11.3. The van der Waals surface area contributed by atoms with Gasteiger partial charge in [-0.3, -0.25) is 9.69 Å². The van der Waals surface area contributed by atoms with E-state index in [2.05, 4.69) is 6.58 Å². The van der Waals surface area contributed by atoms with Gasteiger partial charge in [0.25, 0.3) is 5.91 Å². The maximum absolute atomic E-state index is 12.2. The molecule has 0 N–H and O–H groups in total. The van der Waals surface area contributed by atoms with Crippen molar-refractivity contribution >= 4 is 17.3 Å². The Hall–Kier alpha value is -2.54. The molecule has 19 heavy (non-hydrogen) atoms. The number of rotatable bonds is 2. The number of amides is 1. The van der Waals surface area contributed by atoms with Gasteiger partial charge in [-0.05, 0) is 36.8 Å². The van der Waals surface area contributed by atoms with E-state index in [9.17, 15) is 4.79 Å². The Morgan fingerprint density at radius 2 is 1.84 bits per heavy atom. The number of carbonyl (C=O) groups excluding carboxylic acids is 1. The zero-order valence-electron chi connectivity index (χ0n) is 11.3. The summed E-state index contributed by atoms with van der Waals surface area (Å²) in [4.78, 5) is 15.6. The van der Waals surface area contributed by atoms with Crippen molar-refractivity contribution in [3.63, 3.8) is 0 Å². The summed E-state index contributed by atoms with van der Waals surface area (Å²) in [6.07, 6.45) is 0. The van der Waals surface area contributed by atoms with Crippen molar-refractivity contribution in [2.24, 2.45) is 0 Å². The molecule has 0 aliphatic carbocycles. The van der Waals surface area contributed by atoms with Crippen LogP contribution in [0.2, 0.25) is 0 Å². The van der Waals surface area contributed by atoms with Crippen LogP contribution in [0.15, 0.2) is 47.7 Å². The van der Waals surface area contributed by atoms with Crippen LogP contribution in [0.25, 0.3) is 0 Å². The van der Waals surface area contributed by atoms with Crippen LogP contribution in [0.3, 0.4) is 0 Å². The van der Waals surface area contributed by atoms with Gasteiger partial charge in [-0.2, -0.15) is 5.26 Å². The van der Waals surface area contributed by atoms with E-state index >= 15 is 0 Å². The molecule has 0 saturated carbocycles. The first kappa shape index (κ1) is 12.9. The van der Waals surface area contributed by atoms with E-state index in [1.54, 1.807) is 6.92 Å². The van der Waals surface area contributed by atoms with Crippen molar-refractivity contribution in [2.45, 2.75) is 6.92 Å². The number of anilines is 2. The maximum Gasteiger partial charge on any atom is 0.273 e. The van der Waals surface area contributed by atoms with Crippen LogP contribution in [0, 0.1) is 11.3 Å². The Balaban J connectivity index is 2.38. The molecule has 1 aliphatic rings. The van der Waals surface area contributed by atoms with Gasteiger partial charge in [0.1, 0.15) is 11.6 Å². The number of allylic oxidation sites excluding steroid dienone is 1.